The predicted octanol–water partition coefficient (Wildman–Crippen LogP) is 4.57. The van der Waals surface area contributed by atoms with Crippen molar-refractivity contribution in [3.05, 3.63) is 90.3 Å². The van der Waals surface area contributed by atoms with Gasteiger partial charge >= 0.3 is 5.97 Å². The summed E-state index contributed by atoms with van der Waals surface area (Å²) < 4.78 is 5.87. The summed E-state index contributed by atoms with van der Waals surface area (Å²) in [4.78, 5) is 19.4. The number of hydrogen-bond acceptors (Lipinski definition) is 4. The van der Waals surface area contributed by atoms with Crippen LogP contribution in [-0.4, -0.2) is 21.0 Å². The molecule has 27 heavy (non-hydrogen) atoms. The fraction of sp³-hybridized carbons (Fsp3) is 0.0455. The number of hydrogen-bond donors (Lipinski definition) is 1. The van der Waals surface area contributed by atoms with Crippen molar-refractivity contribution >= 4 is 16.7 Å². The van der Waals surface area contributed by atoms with Gasteiger partial charge in [-0.05, 0) is 40.6 Å². The zero-order valence-electron chi connectivity index (χ0n) is 14.4. The van der Waals surface area contributed by atoms with Crippen molar-refractivity contribution in [1.82, 2.24) is 9.97 Å². The molecule has 1 aromatic heterocycles. The predicted molar refractivity (Wildman–Crippen MR) is 103 cm³/mol. The van der Waals surface area contributed by atoms with Crippen LogP contribution in [0.4, 0.5) is 0 Å². The van der Waals surface area contributed by atoms with Gasteiger partial charge in [-0.25, -0.2) is 14.8 Å². The first-order valence-corrected chi connectivity index (χ1v) is 8.46. The van der Waals surface area contributed by atoms with E-state index in [1.54, 1.807) is 0 Å². The summed E-state index contributed by atoms with van der Waals surface area (Å²) in [7, 11) is 0. The summed E-state index contributed by atoms with van der Waals surface area (Å²) >= 11 is 0. The maximum Gasteiger partial charge on any atom is 0.354 e. The largest absolute Gasteiger partial charge is 0.489 e. The average molecular weight is 356 g/mol. The molecule has 0 aliphatic rings. The van der Waals surface area contributed by atoms with E-state index in [1.165, 1.54) is 12.3 Å². The van der Waals surface area contributed by atoms with Gasteiger partial charge in [-0.15, -0.1) is 0 Å². The molecule has 0 aliphatic heterocycles. The van der Waals surface area contributed by atoms with Crippen molar-refractivity contribution in [2.75, 3.05) is 0 Å². The molecule has 0 bridgehead atoms. The molecular weight excluding hydrogens is 340 g/mol. The van der Waals surface area contributed by atoms with Crippen LogP contribution in [0.5, 0.6) is 5.75 Å². The van der Waals surface area contributed by atoms with Gasteiger partial charge in [0.1, 0.15) is 12.4 Å². The Balaban J connectivity index is 1.58. The standard InChI is InChI=1S/C22H16N2O3/c25-22(26)20-10-11-23-21(24-20)18-7-6-17-13-19(9-8-16(17)12-18)27-14-15-4-2-1-3-5-15/h1-13H,14H2,(H,25,26). The molecule has 0 aliphatic carbocycles. The number of nitrogens with zero attached hydrogens (tertiary/aromatic N) is 2. The molecule has 0 atom stereocenters. The number of carboxylic acids is 1. The Morgan fingerprint density at radius 3 is 2.52 bits per heavy atom. The average Bonchev–Trinajstić information content (AvgIpc) is 2.72. The summed E-state index contributed by atoms with van der Waals surface area (Å²) in [5.74, 6) is 0.115. The molecule has 0 spiro atoms. The number of fused-ring (bicyclic) bond motifs is 1. The van der Waals surface area contributed by atoms with Crippen molar-refractivity contribution in [3.8, 4) is 17.1 Å². The minimum atomic E-state index is -1.07. The third kappa shape index (κ3) is 3.77. The van der Waals surface area contributed by atoms with E-state index in [2.05, 4.69) is 9.97 Å². The summed E-state index contributed by atoms with van der Waals surface area (Å²) in [6, 6.07) is 23.0. The maximum absolute atomic E-state index is 11.1. The van der Waals surface area contributed by atoms with Crippen LogP contribution >= 0.6 is 0 Å². The van der Waals surface area contributed by atoms with Gasteiger partial charge in [-0.2, -0.15) is 0 Å². The van der Waals surface area contributed by atoms with Crippen LogP contribution in [0.3, 0.4) is 0 Å². The van der Waals surface area contributed by atoms with Gasteiger partial charge in [0.25, 0.3) is 0 Å². The van der Waals surface area contributed by atoms with Crippen LogP contribution in [0.25, 0.3) is 22.2 Å². The number of benzene rings is 3. The third-order valence-corrected chi connectivity index (χ3v) is 4.19. The van der Waals surface area contributed by atoms with Crippen LogP contribution in [0.15, 0.2) is 79.0 Å². The minimum absolute atomic E-state index is 0.0234. The van der Waals surface area contributed by atoms with Crippen LogP contribution in [0.2, 0.25) is 0 Å². The van der Waals surface area contributed by atoms with E-state index in [-0.39, 0.29) is 5.69 Å². The lowest BCUT2D eigenvalue weighted by atomic mass is 10.1. The Bertz CT molecular complexity index is 1110. The third-order valence-electron chi connectivity index (χ3n) is 4.19. The second-order valence-corrected chi connectivity index (χ2v) is 6.07. The van der Waals surface area contributed by atoms with Crippen LogP contribution < -0.4 is 4.74 Å². The quantitative estimate of drug-likeness (QED) is 0.567. The van der Waals surface area contributed by atoms with Gasteiger partial charge < -0.3 is 9.84 Å². The van der Waals surface area contributed by atoms with Crippen molar-refractivity contribution < 1.29 is 14.6 Å². The Labute approximate surface area is 155 Å². The molecule has 4 rings (SSSR count). The number of carboxylic acid groups (broad SMARTS) is 1. The Kier molecular flexibility index (Phi) is 4.49. The topological polar surface area (TPSA) is 72.3 Å². The first-order valence-electron chi connectivity index (χ1n) is 8.46. The summed E-state index contributed by atoms with van der Waals surface area (Å²) in [5, 5.41) is 11.1. The molecule has 5 nitrogen and oxygen atoms in total. The molecule has 0 saturated carbocycles. The Morgan fingerprint density at radius 2 is 1.70 bits per heavy atom. The fourth-order valence-electron chi connectivity index (χ4n) is 2.81. The lowest BCUT2D eigenvalue weighted by Gasteiger charge is -2.08. The highest BCUT2D eigenvalue weighted by atomic mass is 16.5. The number of carbonyl (C=O) groups is 1. The minimum Gasteiger partial charge on any atom is -0.489 e. The molecule has 5 heteroatoms. The molecule has 0 unspecified atom stereocenters. The van der Waals surface area contributed by atoms with E-state index in [4.69, 9.17) is 9.84 Å². The smallest absolute Gasteiger partial charge is 0.354 e. The normalized spacial score (nSPS) is 10.7. The van der Waals surface area contributed by atoms with Gasteiger partial charge in [0.05, 0.1) is 0 Å². The lowest BCUT2D eigenvalue weighted by Crippen LogP contribution is -2.02. The molecule has 0 fully saturated rings. The van der Waals surface area contributed by atoms with Crippen LogP contribution in [0, 0.1) is 0 Å². The van der Waals surface area contributed by atoms with E-state index < -0.39 is 5.97 Å². The summed E-state index contributed by atoms with van der Waals surface area (Å²) in [5.41, 5.74) is 1.86. The number of aromatic nitrogens is 2. The molecule has 3 aromatic carbocycles. The molecule has 132 valence electrons. The maximum atomic E-state index is 11.1. The van der Waals surface area contributed by atoms with Crippen molar-refractivity contribution in [2.24, 2.45) is 0 Å². The molecule has 4 aromatic rings. The summed E-state index contributed by atoms with van der Waals surface area (Å²) in [6.07, 6.45) is 1.45. The molecule has 0 amide bonds. The van der Waals surface area contributed by atoms with Crippen molar-refractivity contribution in [3.63, 3.8) is 0 Å². The molecular formula is C22H16N2O3. The zero-order valence-corrected chi connectivity index (χ0v) is 14.4. The van der Waals surface area contributed by atoms with Crippen molar-refractivity contribution in [2.45, 2.75) is 6.61 Å². The summed E-state index contributed by atoms with van der Waals surface area (Å²) in [6.45, 7) is 0.514. The Hall–Kier alpha value is -3.73. The van der Waals surface area contributed by atoms with Gasteiger partial charge in [-0.3, -0.25) is 0 Å². The molecule has 0 saturated heterocycles. The highest BCUT2D eigenvalue weighted by molar-refractivity contribution is 5.88. The van der Waals surface area contributed by atoms with Gasteiger partial charge in [0, 0.05) is 11.8 Å². The molecule has 1 N–H and O–H groups in total. The number of rotatable bonds is 5. The van der Waals surface area contributed by atoms with E-state index in [9.17, 15) is 4.79 Å². The molecule has 1 heterocycles. The van der Waals surface area contributed by atoms with Gasteiger partial charge in [0.2, 0.25) is 0 Å². The number of aromatic carboxylic acids is 1. The first kappa shape index (κ1) is 16.7. The number of ether oxygens (including phenoxy) is 1. The van der Waals surface area contributed by atoms with E-state index in [0.29, 0.717) is 12.4 Å². The lowest BCUT2D eigenvalue weighted by molar-refractivity contribution is 0.0690. The second kappa shape index (κ2) is 7.25. The highest BCUT2D eigenvalue weighted by Gasteiger charge is 2.09. The fourth-order valence-corrected chi connectivity index (χ4v) is 2.81. The van der Waals surface area contributed by atoms with E-state index in [0.717, 1.165) is 27.6 Å². The first-order chi connectivity index (χ1) is 13.2. The van der Waals surface area contributed by atoms with Gasteiger partial charge in [-0.1, -0.05) is 48.5 Å². The van der Waals surface area contributed by atoms with Crippen LogP contribution in [0.1, 0.15) is 16.1 Å². The zero-order chi connectivity index (χ0) is 18.6. The van der Waals surface area contributed by atoms with E-state index >= 15 is 0 Å². The van der Waals surface area contributed by atoms with E-state index in [1.807, 2.05) is 66.7 Å². The SMILES string of the molecule is O=C(O)c1ccnc(-c2ccc3cc(OCc4ccccc4)ccc3c2)n1. The van der Waals surface area contributed by atoms with Gasteiger partial charge in [0.15, 0.2) is 11.5 Å². The van der Waals surface area contributed by atoms with Crippen molar-refractivity contribution in [1.29, 1.82) is 0 Å². The highest BCUT2D eigenvalue weighted by Crippen LogP contribution is 2.26. The monoisotopic (exact) mass is 356 g/mol. The second-order valence-electron chi connectivity index (χ2n) is 6.07. The van der Waals surface area contributed by atoms with Crippen LogP contribution in [-0.2, 0) is 6.61 Å². The Morgan fingerprint density at radius 1 is 0.926 bits per heavy atom. The molecule has 0 radical (unpaired) electrons.